The number of hydrogen-bond acceptors (Lipinski definition) is 5. The van der Waals surface area contributed by atoms with Gasteiger partial charge < -0.3 is 10.0 Å². The summed E-state index contributed by atoms with van der Waals surface area (Å²) in [5, 5.41) is 19.5. The molecule has 1 atom stereocenters. The molecule has 6 nitrogen and oxygen atoms in total. The summed E-state index contributed by atoms with van der Waals surface area (Å²) in [5.74, 6) is 0.599. The van der Waals surface area contributed by atoms with Crippen molar-refractivity contribution in [3.8, 4) is 0 Å². The van der Waals surface area contributed by atoms with Crippen molar-refractivity contribution in [2.75, 3.05) is 18.5 Å². The molecule has 6 heteroatoms. The second-order valence-corrected chi connectivity index (χ2v) is 3.36. The number of pyridine rings is 1. The molecular weight excluding hydrogens is 198 g/mol. The highest BCUT2D eigenvalue weighted by atomic mass is 16.6. The minimum Gasteiger partial charge on any atom is -0.392 e. The van der Waals surface area contributed by atoms with Crippen LogP contribution in [0.4, 0.5) is 11.5 Å². The number of rotatable bonds is 4. The number of aliphatic hydroxyl groups is 1. The number of nitro groups is 1. The molecule has 0 amide bonds. The Labute approximate surface area is 87.3 Å². The third kappa shape index (κ3) is 3.17. The molecular formula is C9H13N3O3. The van der Waals surface area contributed by atoms with Crippen LogP contribution in [0.2, 0.25) is 0 Å². The van der Waals surface area contributed by atoms with Crippen LogP contribution in [-0.4, -0.2) is 34.7 Å². The molecule has 1 aromatic rings. The zero-order valence-electron chi connectivity index (χ0n) is 8.62. The van der Waals surface area contributed by atoms with Crippen molar-refractivity contribution in [1.82, 2.24) is 4.98 Å². The summed E-state index contributed by atoms with van der Waals surface area (Å²) in [6.07, 6.45) is 0.737. The van der Waals surface area contributed by atoms with Crippen molar-refractivity contribution < 1.29 is 10.0 Å². The second kappa shape index (κ2) is 4.70. The van der Waals surface area contributed by atoms with Gasteiger partial charge in [0, 0.05) is 19.7 Å². The van der Waals surface area contributed by atoms with Gasteiger partial charge in [-0.1, -0.05) is 0 Å². The lowest BCUT2D eigenvalue weighted by Crippen LogP contribution is -2.27. The van der Waals surface area contributed by atoms with Crippen molar-refractivity contribution in [3.63, 3.8) is 0 Å². The topological polar surface area (TPSA) is 79.5 Å². The number of aromatic nitrogens is 1. The molecule has 0 saturated heterocycles. The Morgan fingerprint density at radius 3 is 2.73 bits per heavy atom. The largest absolute Gasteiger partial charge is 0.392 e. The van der Waals surface area contributed by atoms with Gasteiger partial charge in [0.25, 0.3) is 5.69 Å². The van der Waals surface area contributed by atoms with Crippen molar-refractivity contribution in [1.29, 1.82) is 0 Å². The van der Waals surface area contributed by atoms with Crippen LogP contribution in [-0.2, 0) is 0 Å². The smallest absolute Gasteiger partial charge is 0.287 e. The molecule has 1 rings (SSSR count). The molecule has 1 N–H and O–H groups in total. The van der Waals surface area contributed by atoms with E-state index in [0.29, 0.717) is 12.4 Å². The van der Waals surface area contributed by atoms with E-state index in [-0.39, 0.29) is 5.69 Å². The zero-order valence-corrected chi connectivity index (χ0v) is 8.62. The SMILES string of the molecule is CC(O)CN(C)c1ccc([N+](=O)[O-])cn1. The van der Waals surface area contributed by atoms with Crippen LogP contribution in [0, 0.1) is 10.1 Å². The van der Waals surface area contributed by atoms with Crippen LogP contribution in [0.25, 0.3) is 0 Å². The van der Waals surface area contributed by atoms with Gasteiger partial charge in [-0.05, 0) is 13.0 Å². The van der Waals surface area contributed by atoms with E-state index in [9.17, 15) is 10.1 Å². The van der Waals surface area contributed by atoms with Gasteiger partial charge in [0.05, 0.1) is 11.0 Å². The molecule has 0 aliphatic heterocycles. The van der Waals surface area contributed by atoms with Crippen LogP contribution >= 0.6 is 0 Å². The number of likely N-dealkylation sites (N-methyl/N-ethyl adjacent to an activating group) is 1. The molecule has 0 saturated carbocycles. The normalized spacial score (nSPS) is 12.2. The summed E-state index contributed by atoms with van der Waals surface area (Å²) < 4.78 is 0. The van der Waals surface area contributed by atoms with Crippen molar-refractivity contribution in [2.24, 2.45) is 0 Å². The Kier molecular flexibility index (Phi) is 3.56. The molecule has 15 heavy (non-hydrogen) atoms. The quantitative estimate of drug-likeness (QED) is 0.588. The fraction of sp³-hybridized carbons (Fsp3) is 0.444. The summed E-state index contributed by atoms with van der Waals surface area (Å²) in [7, 11) is 1.76. The fourth-order valence-electron chi connectivity index (χ4n) is 1.20. The molecule has 0 bridgehead atoms. The van der Waals surface area contributed by atoms with Crippen molar-refractivity contribution >= 4 is 11.5 Å². The maximum atomic E-state index is 10.4. The summed E-state index contributed by atoms with van der Waals surface area (Å²) in [4.78, 5) is 15.5. The van der Waals surface area contributed by atoms with Gasteiger partial charge in [0.1, 0.15) is 12.0 Å². The lowest BCUT2D eigenvalue weighted by molar-refractivity contribution is -0.385. The van der Waals surface area contributed by atoms with E-state index in [2.05, 4.69) is 4.98 Å². The van der Waals surface area contributed by atoms with Crippen molar-refractivity contribution in [3.05, 3.63) is 28.4 Å². The molecule has 0 radical (unpaired) electrons. The molecule has 0 fully saturated rings. The van der Waals surface area contributed by atoms with E-state index in [1.165, 1.54) is 12.3 Å². The maximum absolute atomic E-state index is 10.4. The average Bonchev–Trinajstić information content (AvgIpc) is 2.17. The molecule has 0 aliphatic carbocycles. The molecule has 1 heterocycles. The summed E-state index contributed by atoms with van der Waals surface area (Å²) in [5.41, 5.74) is -0.0378. The first-order valence-electron chi connectivity index (χ1n) is 4.50. The molecule has 0 spiro atoms. The molecule has 1 unspecified atom stereocenters. The highest BCUT2D eigenvalue weighted by Gasteiger charge is 2.09. The molecule has 82 valence electrons. The lowest BCUT2D eigenvalue weighted by atomic mass is 10.3. The highest BCUT2D eigenvalue weighted by molar-refractivity contribution is 5.42. The first kappa shape index (κ1) is 11.4. The van der Waals surface area contributed by atoms with Crippen LogP contribution in [0.1, 0.15) is 6.92 Å². The minimum atomic E-state index is -0.495. The van der Waals surface area contributed by atoms with E-state index >= 15 is 0 Å². The lowest BCUT2D eigenvalue weighted by Gasteiger charge is -2.19. The van der Waals surface area contributed by atoms with Gasteiger partial charge in [-0.25, -0.2) is 4.98 Å². The highest BCUT2D eigenvalue weighted by Crippen LogP contribution is 2.14. The van der Waals surface area contributed by atoms with Crippen LogP contribution < -0.4 is 4.90 Å². The standard InChI is InChI=1S/C9H13N3O3/c1-7(13)6-11(2)9-4-3-8(5-10-9)12(14)15/h3-5,7,13H,6H2,1-2H3. The van der Waals surface area contributed by atoms with E-state index < -0.39 is 11.0 Å². The van der Waals surface area contributed by atoms with Crippen LogP contribution in [0.3, 0.4) is 0 Å². The Morgan fingerprint density at radius 1 is 1.67 bits per heavy atom. The molecule has 1 aromatic heterocycles. The third-order valence-corrected chi connectivity index (χ3v) is 1.87. The summed E-state index contributed by atoms with van der Waals surface area (Å²) in [6.45, 7) is 2.10. The Balaban J connectivity index is 2.75. The summed E-state index contributed by atoms with van der Waals surface area (Å²) >= 11 is 0. The number of hydrogen-bond donors (Lipinski definition) is 1. The first-order valence-corrected chi connectivity index (χ1v) is 4.50. The van der Waals surface area contributed by atoms with E-state index in [4.69, 9.17) is 5.11 Å². The van der Waals surface area contributed by atoms with Crippen LogP contribution in [0.5, 0.6) is 0 Å². The Bertz CT molecular complexity index is 337. The Hall–Kier alpha value is -1.69. The van der Waals surface area contributed by atoms with Gasteiger partial charge >= 0.3 is 0 Å². The zero-order chi connectivity index (χ0) is 11.4. The number of aliphatic hydroxyl groups excluding tert-OH is 1. The van der Waals surface area contributed by atoms with E-state index in [0.717, 1.165) is 0 Å². The number of anilines is 1. The predicted octanol–water partition coefficient (Wildman–Crippen LogP) is 0.807. The van der Waals surface area contributed by atoms with Crippen LogP contribution in [0.15, 0.2) is 18.3 Å². The maximum Gasteiger partial charge on any atom is 0.287 e. The number of nitrogens with zero attached hydrogens (tertiary/aromatic N) is 3. The van der Waals surface area contributed by atoms with Gasteiger partial charge in [-0.3, -0.25) is 10.1 Å². The van der Waals surface area contributed by atoms with E-state index in [1.54, 1.807) is 24.9 Å². The first-order chi connectivity index (χ1) is 7.00. The second-order valence-electron chi connectivity index (χ2n) is 3.36. The Morgan fingerprint density at radius 2 is 2.33 bits per heavy atom. The predicted molar refractivity (Wildman–Crippen MR) is 55.8 cm³/mol. The van der Waals surface area contributed by atoms with E-state index in [1.807, 2.05) is 0 Å². The molecule has 0 aromatic carbocycles. The van der Waals surface area contributed by atoms with Gasteiger partial charge in [0.15, 0.2) is 0 Å². The van der Waals surface area contributed by atoms with Crippen molar-refractivity contribution in [2.45, 2.75) is 13.0 Å². The summed E-state index contributed by atoms with van der Waals surface area (Å²) in [6, 6.07) is 2.95. The minimum absolute atomic E-state index is 0.0378. The van der Waals surface area contributed by atoms with Gasteiger partial charge in [-0.15, -0.1) is 0 Å². The molecule has 0 aliphatic rings. The van der Waals surface area contributed by atoms with Gasteiger partial charge in [-0.2, -0.15) is 0 Å². The average molecular weight is 211 g/mol. The monoisotopic (exact) mass is 211 g/mol. The van der Waals surface area contributed by atoms with Gasteiger partial charge in [0.2, 0.25) is 0 Å². The fourth-order valence-corrected chi connectivity index (χ4v) is 1.20. The third-order valence-electron chi connectivity index (χ3n) is 1.87.